The van der Waals surface area contributed by atoms with Gasteiger partial charge in [-0.2, -0.15) is 0 Å². The van der Waals surface area contributed by atoms with E-state index in [9.17, 15) is 0 Å². The van der Waals surface area contributed by atoms with E-state index in [4.69, 9.17) is 9.15 Å². The number of piperidine rings is 1. The van der Waals surface area contributed by atoms with Crippen molar-refractivity contribution in [3.63, 3.8) is 0 Å². The van der Waals surface area contributed by atoms with Crippen LogP contribution in [0.15, 0.2) is 46.2 Å². The number of likely N-dealkylation sites (tertiary alicyclic amines) is 1. The lowest BCUT2D eigenvalue weighted by atomic mass is 9.97. The summed E-state index contributed by atoms with van der Waals surface area (Å²) in [6, 6.07) is 12.2. The third-order valence-electron chi connectivity index (χ3n) is 4.61. The molecule has 5 nitrogen and oxygen atoms in total. The van der Waals surface area contributed by atoms with E-state index in [-0.39, 0.29) is 0 Å². The maximum Gasteiger partial charge on any atom is 0.257 e. The van der Waals surface area contributed by atoms with Crippen LogP contribution in [0.1, 0.15) is 30.2 Å². The zero-order valence-corrected chi connectivity index (χ0v) is 15.0. The molecule has 1 aliphatic rings. The molecule has 2 aromatic heterocycles. The minimum Gasteiger partial charge on any atom is -0.496 e. The van der Waals surface area contributed by atoms with Crippen LogP contribution >= 0.6 is 11.3 Å². The number of benzene rings is 1. The van der Waals surface area contributed by atoms with E-state index in [0.717, 1.165) is 49.0 Å². The Morgan fingerprint density at radius 3 is 3.00 bits per heavy atom. The number of methoxy groups -OCH3 is 1. The lowest BCUT2D eigenvalue weighted by Crippen LogP contribution is -2.34. The first kappa shape index (κ1) is 16.3. The van der Waals surface area contributed by atoms with Gasteiger partial charge in [0, 0.05) is 18.7 Å². The molecule has 1 atom stereocenters. The van der Waals surface area contributed by atoms with Gasteiger partial charge >= 0.3 is 0 Å². The second-order valence-electron chi connectivity index (χ2n) is 6.31. The SMILES string of the molecule is COc1ccccc1CN1CCC[C@H](c2nnc(-c3cccs3)o2)C1. The molecular weight excluding hydrogens is 334 g/mol. The summed E-state index contributed by atoms with van der Waals surface area (Å²) < 4.78 is 11.4. The lowest BCUT2D eigenvalue weighted by molar-refractivity contribution is 0.184. The summed E-state index contributed by atoms with van der Waals surface area (Å²) in [6.45, 7) is 2.90. The molecule has 0 saturated carbocycles. The maximum absolute atomic E-state index is 5.95. The number of nitrogens with zero attached hydrogens (tertiary/aromatic N) is 3. The molecule has 0 bridgehead atoms. The topological polar surface area (TPSA) is 51.4 Å². The molecule has 0 amide bonds. The van der Waals surface area contributed by atoms with Crippen molar-refractivity contribution >= 4 is 11.3 Å². The second-order valence-corrected chi connectivity index (χ2v) is 7.26. The molecule has 0 unspecified atom stereocenters. The monoisotopic (exact) mass is 355 g/mol. The number of aromatic nitrogens is 2. The van der Waals surface area contributed by atoms with Crippen LogP contribution in [0.3, 0.4) is 0 Å². The van der Waals surface area contributed by atoms with E-state index in [1.807, 2.05) is 29.6 Å². The van der Waals surface area contributed by atoms with Gasteiger partial charge in [0.25, 0.3) is 5.89 Å². The number of ether oxygens (including phenoxy) is 1. The zero-order chi connectivity index (χ0) is 17.1. The van der Waals surface area contributed by atoms with Crippen molar-refractivity contribution in [3.05, 3.63) is 53.2 Å². The normalized spacial score (nSPS) is 18.4. The highest BCUT2D eigenvalue weighted by atomic mass is 32.1. The second kappa shape index (κ2) is 7.37. The van der Waals surface area contributed by atoms with E-state index in [1.165, 1.54) is 5.56 Å². The fourth-order valence-corrected chi connectivity index (χ4v) is 4.02. The summed E-state index contributed by atoms with van der Waals surface area (Å²) in [5.41, 5.74) is 1.22. The molecule has 6 heteroatoms. The van der Waals surface area contributed by atoms with E-state index in [2.05, 4.69) is 27.2 Å². The van der Waals surface area contributed by atoms with Crippen LogP contribution in [0.2, 0.25) is 0 Å². The van der Waals surface area contributed by atoms with E-state index in [1.54, 1.807) is 18.4 Å². The van der Waals surface area contributed by atoms with Crippen molar-refractivity contribution in [2.24, 2.45) is 0 Å². The van der Waals surface area contributed by atoms with Crippen LogP contribution in [0.4, 0.5) is 0 Å². The van der Waals surface area contributed by atoms with Gasteiger partial charge in [-0.05, 0) is 36.9 Å². The van der Waals surface area contributed by atoms with Crippen molar-refractivity contribution < 1.29 is 9.15 Å². The van der Waals surface area contributed by atoms with Gasteiger partial charge in [0.1, 0.15) is 5.75 Å². The molecule has 4 rings (SSSR count). The highest BCUT2D eigenvalue weighted by Gasteiger charge is 2.26. The number of thiophene rings is 1. The lowest BCUT2D eigenvalue weighted by Gasteiger charge is -2.31. The quantitative estimate of drug-likeness (QED) is 0.687. The van der Waals surface area contributed by atoms with Gasteiger partial charge < -0.3 is 9.15 Å². The Morgan fingerprint density at radius 1 is 1.24 bits per heavy atom. The predicted octanol–water partition coefficient (Wildman–Crippen LogP) is 4.19. The van der Waals surface area contributed by atoms with Gasteiger partial charge in [-0.15, -0.1) is 21.5 Å². The van der Waals surface area contributed by atoms with Crippen LogP contribution in [-0.2, 0) is 6.54 Å². The van der Waals surface area contributed by atoms with Crippen molar-refractivity contribution in [2.75, 3.05) is 20.2 Å². The molecular formula is C19H21N3O2S. The first-order valence-electron chi connectivity index (χ1n) is 8.55. The summed E-state index contributed by atoms with van der Waals surface area (Å²) in [5.74, 6) is 2.63. The predicted molar refractivity (Wildman–Crippen MR) is 97.9 cm³/mol. The Morgan fingerprint density at radius 2 is 2.16 bits per heavy atom. The molecule has 1 aromatic carbocycles. The Hall–Kier alpha value is -2.18. The highest BCUT2D eigenvalue weighted by molar-refractivity contribution is 7.13. The van der Waals surface area contributed by atoms with Gasteiger partial charge in [-0.1, -0.05) is 24.3 Å². The Bertz CT molecular complexity index is 816. The smallest absolute Gasteiger partial charge is 0.257 e. The average Bonchev–Trinajstić information content (AvgIpc) is 3.34. The first-order valence-corrected chi connectivity index (χ1v) is 9.43. The van der Waals surface area contributed by atoms with Crippen LogP contribution < -0.4 is 4.74 Å². The van der Waals surface area contributed by atoms with Crippen molar-refractivity contribution in [3.8, 4) is 16.5 Å². The first-order chi connectivity index (χ1) is 12.3. The Labute approximate surface area is 151 Å². The van der Waals surface area contributed by atoms with Crippen molar-refractivity contribution in [2.45, 2.75) is 25.3 Å². The molecule has 0 radical (unpaired) electrons. The minimum atomic E-state index is 0.296. The Balaban J connectivity index is 1.46. The summed E-state index contributed by atoms with van der Waals surface area (Å²) in [7, 11) is 1.72. The van der Waals surface area contributed by atoms with Gasteiger partial charge in [0.05, 0.1) is 17.9 Å². The van der Waals surface area contributed by atoms with E-state index in [0.29, 0.717) is 11.8 Å². The summed E-state index contributed by atoms with van der Waals surface area (Å²) >= 11 is 1.62. The van der Waals surface area contributed by atoms with Gasteiger partial charge in [0.15, 0.2) is 0 Å². The molecule has 0 aliphatic carbocycles. The molecule has 3 aromatic rings. The summed E-state index contributed by atoms with van der Waals surface area (Å²) in [6.07, 6.45) is 2.23. The number of hydrogen-bond acceptors (Lipinski definition) is 6. The van der Waals surface area contributed by atoms with Crippen LogP contribution in [0, 0.1) is 0 Å². The van der Waals surface area contributed by atoms with Gasteiger partial charge in [-0.3, -0.25) is 4.90 Å². The molecule has 1 fully saturated rings. The molecule has 0 N–H and O–H groups in total. The fourth-order valence-electron chi connectivity index (χ4n) is 3.37. The standard InChI is InChI=1S/C19H21N3O2S/c1-23-16-8-3-2-6-14(16)12-22-10-4-7-15(13-22)18-20-21-19(24-18)17-9-5-11-25-17/h2-3,5-6,8-9,11,15H,4,7,10,12-13H2,1H3/t15-/m0/s1. The van der Waals surface area contributed by atoms with Crippen LogP contribution in [-0.4, -0.2) is 35.3 Å². The summed E-state index contributed by atoms with van der Waals surface area (Å²) in [5, 5.41) is 10.6. The summed E-state index contributed by atoms with van der Waals surface area (Å²) in [4.78, 5) is 3.47. The molecule has 130 valence electrons. The molecule has 1 saturated heterocycles. The minimum absolute atomic E-state index is 0.296. The average molecular weight is 355 g/mol. The van der Waals surface area contributed by atoms with Crippen molar-refractivity contribution in [1.29, 1.82) is 0 Å². The molecule has 0 spiro atoms. The third kappa shape index (κ3) is 3.60. The third-order valence-corrected chi connectivity index (χ3v) is 5.47. The molecule has 3 heterocycles. The van der Waals surface area contributed by atoms with E-state index < -0.39 is 0 Å². The number of rotatable bonds is 5. The van der Waals surface area contributed by atoms with Gasteiger partial charge in [-0.25, -0.2) is 0 Å². The van der Waals surface area contributed by atoms with Crippen LogP contribution in [0.25, 0.3) is 10.8 Å². The Kier molecular flexibility index (Phi) is 4.81. The van der Waals surface area contributed by atoms with Gasteiger partial charge in [0.2, 0.25) is 5.89 Å². The molecule has 1 aliphatic heterocycles. The van der Waals surface area contributed by atoms with Crippen LogP contribution in [0.5, 0.6) is 5.75 Å². The number of hydrogen-bond donors (Lipinski definition) is 0. The zero-order valence-electron chi connectivity index (χ0n) is 14.2. The largest absolute Gasteiger partial charge is 0.496 e. The van der Waals surface area contributed by atoms with Crippen molar-refractivity contribution in [1.82, 2.24) is 15.1 Å². The highest BCUT2D eigenvalue weighted by Crippen LogP contribution is 2.31. The van der Waals surface area contributed by atoms with E-state index >= 15 is 0 Å². The fraction of sp³-hybridized carbons (Fsp3) is 0.368. The maximum atomic E-state index is 5.95. The number of para-hydroxylation sites is 1. The molecule has 25 heavy (non-hydrogen) atoms.